The number of nitrogens with one attached hydrogen (secondary N) is 1. The number of nitrogens with zero attached hydrogens (tertiary/aromatic N) is 4. The summed E-state index contributed by atoms with van der Waals surface area (Å²) in [5, 5.41) is 3.61. The van der Waals surface area contributed by atoms with Gasteiger partial charge in [0.25, 0.3) is 0 Å². The molecule has 3 heterocycles. The molecule has 1 N–H and O–H groups in total. The molecule has 0 aliphatic carbocycles. The number of anilines is 2. The quantitative estimate of drug-likeness (QED) is 0.368. The Labute approximate surface area is 217 Å². The molecule has 2 aromatic rings. The first-order valence-corrected chi connectivity index (χ1v) is 14.1. The average Bonchev–Trinajstić information content (AvgIpc) is 3.20. The van der Waals surface area contributed by atoms with Gasteiger partial charge in [-0.25, -0.2) is 4.98 Å². The lowest BCUT2D eigenvalue weighted by atomic mass is 10.0. The first-order chi connectivity index (χ1) is 17.7. The second kappa shape index (κ2) is 14.3. The van der Waals surface area contributed by atoms with Crippen LogP contribution in [0.3, 0.4) is 0 Å². The van der Waals surface area contributed by atoms with Crippen molar-refractivity contribution in [2.75, 3.05) is 50.1 Å². The summed E-state index contributed by atoms with van der Waals surface area (Å²) in [7, 11) is 1.73. The van der Waals surface area contributed by atoms with E-state index in [0.717, 1.165) is 81.9 Å². The van der Waals surface area contributed by atoms with Gasteiger partial charge in [0.1, 0.15) is 5.82 Å². The van der Waals surface area contributed by atoms with Crippen LogP contribution in [0.15, 0.2) is 30.5 Å². The Balaban J connectivity index is 1.23. The summed E-state index contributed by atoms with van der Waals surface area (Å²) in [5.41, 5.74) is 1.27. The fraction of sp³-hybridized carbons (Fsp3) is 0.655. The minimum Gasteiger partial charge on any atom is -0.493 e. The third-order valence-electron chi connectivity index (χ3n) is 7.38. The first kappa shape index (κ1) is 26.5. The Morgan fingerprint density at radius 3 is 2.50 bits per heavy atom. The molecule has 7 heteroatoms. The average molecular weight is 496 g/mol. The lowest BCUT2D eigenvalue weighted by molar-refractivity contribution is 0.210. The van der Waals surface area contributed by atoms with E-state index in [4.69, 9.17) is 14.5 Å². The zero-order chi connectivity index (χ0) is 25.0. The molecule has 0 spiro atoms. The highest BCUT2D eigenvalue weighted by atomic mass is 16.5. The summed E-state index contributed by atoms with van der Waals surface area (Å²) >= 11 is 0. The molecule has 2 aliphatic rings. The van der Waals surface area contributed by atoms with Gasteiger partial charge in [-0.3, -0.25) is 4.90 Å². The maximum absolute atomic E-state index is 5.98. The number of hydrogen-bond donors (Lipinski definition) is 1. The molecule has 0 saturated carbocycles. The van der Waals surface area contributed by atoms with Crippen molar-refractivity contribution < 1.29 is 9.47 Å². The molecule has 0 amide bonds. The number of aromatic nitrogens is 2. The summed E-state index contributed by atoms with van der Waals surface area (Å²) < 4.78 is 11.6. The SMILES string of the molecule is CCCCCCOc1ccc(CN2CCC(Nc3nccc(N4CCCCCC4)n3)CC2)cc1OC. The van der Waals surface area contributed by atoms with Gasteiger partial charge in [0.05, 0.1) is 13.7 Å². The molecule has 1 aromatic heterocycles. The lowest BCUT2D eigenvalue weighted by Crippen LogP contribution is -2.39. The van der Waals surface area contributed by atoms with E-state index < -0.39 is 0 Å². The van der Waals surface area contributed by atoms with Gasteiger partial charge in [0.2, 0.25) is 5.95 Å². The molecule has 1 aromatic carbocycles. The Morgan fingerprint density at radius 2 is 1.75 bits per heavy atom. The minimum atomic E-state index is 0.415. The zero-order valence-corrected chi connectivity index (χ0v) is 22.4. The lowest BCUT2D eigenvalue weighted by Gasteiger charge is -2.32. The number of benzene rings is 1. The fourth-order valence-corrected chi connectivity index (χ4v) is 5.21. The Kier molecular flexibility index (Phi) is 10.5. The molecule has 0 unspecified atom stereocenters. The highest BCUT2D eigenvalue weighted by Gasteiger charge is 2.21. The number of hydrogen-bond acceptors (Lipinski definition) is 7. The third kappa shape index (κ3) is 7.99. The van der Waals surface area contributed by atoms with Gasteiger partial charge < -0.3 is 19.7 Å². The third-order valence-corrected chi connectivity index (χ3v) is 7.38. The largest absolute Gasteiger partial charge is 0.493 e. The van der Waals surface area contributed by atoms with E-state index in [9.17, 15) is 0 Å². The van der Waals surface area contributed by atoms with Crippen LogP contribution in [0.4, 0.5) is 11.8 Å². The number of piperidine rings is 1. The summed E-state index contributed by atoms with van der Waals surface area (Å²) in [6.07, 6.45) is 14.1. The summed E-state index contributed by atoms with van der Waals surface area (Å²) in [5.74, 6) is 3.52. The summed E-state index contributed by atoms with van der Waals surface area (Å²) in [6, 6.07) is 8.84. The normalized spacial score (nSPS) is 17.6. The van der Waals surface area contributed by atoms with Crippen molar-refractivity contribution in [3.05, 3.63) is 36.0 Å². The fourth-order valence-electron chi connectivity index (χ4n) is 5.21. The second-order valence-corrected chi connectivity index (χ2v) is 10.2. The van der Waals surface area contributed by atoms with Crippen LogP contribution in [0, 0.1) is 0 Å². The van der Waals surface area contributed by atoms with Gasteiger partial charge in [0.15, 0.2) is 11.5 Å². The summed E-state index contributed by atoms with van der Waals surface area (Å²) in [4.78, 5) is 14.3. The van der Waals surface area contributed by atoms with E-state index in [1.54, 1.807) is 7.11 Å². The number of likely N-dealkylation sites (tertiary alicyclic amines) is 1. The van der Waals surface area contributed by atoms with E-state index in [-0.39, 0.29) is 0 Å². The van der Waals surface area contributed by atoms with E-state index >= 15 is 0 Å². The van der Waals surface area contributed by atoms with Crippen LogP contribution in [-0.2, 0) is 6.54 Å². The van der Waals surface area contributed by atoms with Gasteiger partial charge >= 0.3 is 0 Å². The van der Waals surface area contributed by atoms with E-state index in [1.807, 2.05) is 6.20 Å². The molecular weight excluding hydrogens is 450 g/mol. The molecule has 4 rings (SSSR count). The van der Waals surface area contributed by atoms with Gasteiger partial charge in [-0.1, -0.05) is 45.1 Å². The van der Waals surface area contributed by atoms with E-state index in [2.05, 4.69) is 51.3 Å². The number of methoxy groups -OCH3 is 1. The van der Waals surface area contributed by atoms with Crippen LogP contribution in [0.1, 0.15) is 76.7 Å². The molecule has 7 nitrogen and oxygen atoms in total. The van der Waals surface area contributed by atoms with Gasteiger partial charge in [-0.15, -0.1) is 0 Å². The smallest absolute Gasteiger partial charge is 0.224 e. The number of rotatable bonds is 12. The molecule has 2 saturated heterocycles. The Morgan fingerprint density at radius 1 is 0.944 bits per heavy atom. The van der Waals surface area contributed by atoms with E-state index in [0.29, 0.717) is 6.04 Å². The minimum absolute atomic E-state index is 0.415. The van der Waals surface area contributed by atoms with Crippen molar-refractivity contribution in [2.24, 2.45) is 0 Å². The van der Waals surface area contributed by atoms with Gasteiger partial charge in [-0.2, -0.15) is 4.98 Å². The van der Waals surface area contributed by atoms with Crippen molar-refractivity contribution in [3.63, 3.8) is 0 Å². The maximum Gasteiger partial charge on any atom is 0.224 e. The predicted molar refractivity (Wildman–Crippen MR) is 147 cm³/mol. The maximum atomic E-state index is 5.98. The molecule has 2 fully saturated rings. The van der Waals surface area contributed by atoms with Crippen LogP contribution < -0.4 is 19.7 Å². The molecule has 0 atom stereocenters. The van der Waals surface area contributed by atoms with E-state index in [1.165, 1.54) is 50.5 Å². The monoisotopic (exact) mass is 495 g/mol. The van der Waals surface area contributed by atoms with Crippen LogP contribution in [0.2, 0.25) is 0 Å². The van der Waals surface area contributed by atoms with Crippen molar-refractivity contribution in [2.45, 2.75) is 83.7 Å². The van der Waals surface area contributed by atoms with Crippen molar-refractivity contribution >= 4 is 11.8 Å². The highest BCUT2D eigenvalue weighted by Crippen LogP contribution is 2.29. The number of unbranched alkanes of at least 4 members (excludes halogenated alkanes) is 3. The van der Waals surface area contributed by atoms with Crippen LogP contribution in [-0.4, -0.2) is 60.8 Å². The standard InChI is InChI=1S/C29H45N5O2/c1-3-4-5-10-21-36-26-12-11-24(22-27(26)35-2)23-33-19-14-25(15-20-33)31-29-30-16-13-28(32-29)34-17-8-6-7-9-18-34/h11-13,16,22,25H,3-10,14-15,17-21,23H2,1-2H3,(H,30,31,32). The molecule has 2 aliphatic heterocycles. The highest BCUT2D eigenvalue weighted by molar-refractivity contribution is 5.44. The van der Waals surface area contributed by atoms with Crippen LogP contribution >= 0.6 is 0 Å². The molecular formula is C29H45N5O2. The topological polar surface area (TPSA) is 62.8 Å². The van der Waals surface area contributed by atoms with Crippen molar-refractivity contribution in [3.8, 4) is 11.5 Å². The van der Waals surface area contributed by atoms with Crippen LogP contribution in [0.25, 0.3) is 0 Å². The Hall–Kier alpha value is -2.54. The summed E-state index contributed by atoms with van der Waals surface area (Å²) in [6.45, 7) is 8.23. The van der Waals surface area contributed by atoms with Gasteiger partial charge in [0, 0.05) is 45.0 Å². The second-order valence-electron chi connectivity index (χ2n) is 10.2. The predicted octanol–water partition coefficient (Wildman–Crippen LogP) is 5.90. The van der Waals surface area contributed by atoms with Gasteiger partial charge in [-0.05, 0) is 55.9 Å². The number of ether oxygens (including phenoxy) is 2. The Bertz CT molecular complexity index is 908. The first-order valence-electron chi connectivity index (χ1n) is 14.1. The van der Waals surface area contributed by atoms with Crippen molar-refractivity contribution in [1.82, 2.24) is 14.9 Å². The molecule has 0 bridgehead atoms. The zero-order valence-electron chi connectivity index (χ0n) is 22.4. The molecule has 198 valence electrons. The van der Waals surface area contributed by atoms with Crippen LogP contribution in [0.5, 0.6) is 11.5 Å². The molecule has 36 heavy (non-hydrogen) atoms. The van der Waals surface area contributed by atoms with Crippen molar-refractivity contribution in [1.29, 1.82) is 0 Å². The molecule has 0 radical (unpaired) electrons.